The Morgan fingerprint density at radius 3 is 1.22 bits per heavy atom. The molecule has 0 radical (unpaired) electrons. The second-order valence-electron chi connectivity index (χ2n) is 0.492. The smallest absolute Gasteiger partial charge is 0.0383 e. The monoisotopic (exact) mass is 144 g/mol. The van der Waals surface area contributed by atoms with Crippen LogP contribution in [0.4, 0.5) is 0 Å². The Kier molecular flexibility index (Phi) is 246. The summed E-state index contributed by atoms with van der Waals surface area (Å²) in [5, 5.41) is 17.1. The van der Waals surface area contributed by atoms with Gasteiger partial charge in [0.1, 0.15) is 0 Å². The molecule has 0 amide bonds. The zero-order chi connectivity index (χ0) is 5.58. The number of rotatable bonds is 0. The second-order valence-corrected chi connectivity index (χ2v) is 0.492. The van der Waals surface area contributed by atoms with Gasteiger partial charge in [0.25, 0.3) is 0 Å². The number of carbonyl (C=O) groups is 1. The SMILES string of the molecule is CC(=O)[O-].C[O-].O.[NH4+].[NH4+]. The molecule has 0 aliphatic heterocycles. The molecule has 0 fully saturated rings. The molecule has 0 heterocycles. The molecule has 10 N–H and O–H groups in total. The quantitative estimate of drug-likeness (QED) is 0.389. The molecule has 0 aliphatic rings. The molecule has 62 valence electrons. The van der Waals surface area contributed by atoms with E-state index in [2.05, 4.69) is 0 Å². The van der Waals surface area contributed by atoms with Crippen molar-refractivity contribution in [3.05, 3.63) is 0 Å². The number of carbonyl (C=O) groups excluding carboxylic acids is 1. The Labute approximate surface area is 54.0 Å². The van der Waals surface area contributed by atoms with Gasteiger partial charge in [-0.2, -0.15) is 7.11 Å². The summed E-state index contributed by atoms with van der Waals surface area (Å²) in [5.74, 6) is -1.08. The maximum Gasteiger partial charge on any atom is 0.0383 e. The second kappa shape index (κ2) is 54.5. The topological polar surface area (TPSA) is 168 Å². The highest BCUT2D eigenvalue weighted by Gasteiger charge is 1.46. The molecule has 0 rings (SSSR count). The highest BCUT2D eigenvalue weighted by molar-refractivity contribution is 5.60. The van der Waals surface area contributed by atoms with E-state index < -0.39 is 5.97 Å². The summed E-state index contributed by atoms with van der Waals surface area (Å²) in [5.41, 5.74) is 0. The Morgan fingerprint density at radius 2 is 1.22 bits per heavy atom. The molecule has 6 nitrogen and oxygen atoms in total. The predicted octanol–water partition coefficient (Wildman–Crippen LogP) is -2.34. The molecule has 9 heavy (non-hydrogen) atoms. The summed E-state index contributed by atoms with van der Waals surface area (Å²) in [4.78, 5) is 8.89. The highest BCUT2D eigenvalue weighted by atomic mass is 16.4. The molecule has 0 unspecified atom stereocenters. The van der Waals surface area contributed by atoms with Gasteiger partial charge in [0, 0.05) is 5.97 Å². The first kappa shape index (κ1) is 40.5. The number of hydrogen-bond acceptors (Lipinski definition) is 3. The number of hydrogen-bond donors (Lipinski definition) is 2. The van der Waals surface area contributed by atoms with Crippen LogP contribution < -0.4 is 22.5 Å². The van der Waals surface area contributed by atoms with E-state index in [1.165, 1.54) is 0 Å². The third-order valence-electron chi connectivity index (χ3n) is 0. The van der Waals surface area contributed by atoms with Crippen molar-refractivity contribution in [1.29, 1.82) is 0 Å². The summed E-state index contributed by atoms with van der Waals surface area (Å²) >= 11 is 0. The van der Waals surface area contributed by atoms with E-state index in [0.29, 0.717) is 0 Å². The van der Waals surface area contributed by atoms with E-state index in [4.69, 9.17) is 15.0 Å². The zero-order valence-electron chi connectivity index (χ0n) is 6.22. The lowest BCUT2D eigenvalue weighted by Gasteiger charge is -1.77. The van der Waals surface area contributed by atoms with Crippen molar-refractivity contribution in [3.8, 4) is 0 Å². The van der Waals surface area contributed by atoms with Gasteiger partial charge in [0.15, 0.2) is 0 Å². The van der Waals surface area contributed by atoms with Gasteiger partial charge in [-0.3, -0.25) is 0 Å². The van der Waals surface area contributed by atoms with E-state index in [1.807, 2.05) is 0 Å². The van der Waals surface area contributed by atoms with Crippen LogP contribution in [0.1, 0.15) is 6.92 Å². The molecular formula is C3H16N2O4. The number of carboxylic acid groups (broad SMARTS) is 1. The van der Waals surface area contributed by atoms with Crippen LogP contribution in [0.5, 0.6) is 0 Å². The molecular weight excluding hydrogens is 128 g/mol. The van der Waals surface area contributed by atoms with E-state index in [0.717, 1.165) is 14.0 Å². The van der Waals surface area contributed by atoms with Crippen molar-refractivity contribution in [2.75, 3.05) is 7.11 Å². The lowest BCUT2D eigenvalue weighted by atomic mass is 10.9. The highest BCUT2D eigenvalue weighted by Crippen LogP contribution is 1.31. The van der Waals surface area contributed by atoms with Crippen molar-refractivity contribution < 1.29 is 20.5 Å². The largest absolute Gasteiger partial charge is 0.857 e. The summed E-state index contributed by atoms with van der Waals surface area (Å²) in [6.45, 7) is 0.972. The van der Waals surface area contributed by atoms with Crippen LogP contribution in [-0.4, -0.2) is 18.6 Å². The fourth-order valence-corrected chi connectivity index (χ4v) is 0. The minimum atomic E-state index is -1.08. The lowest BCUT2D eigenvalue weighted by Crippen LogP contribution is -2.16. The van der Waals surface area contributed by atoms with Crippen LogP contribution >= 0.6 is 0 Å². The van der Waals surface area contributed by atoms with Crippen molar-refractivity contribution in [2.24, 2.45) is 0 Å². The van der Waals surface area contributed by atoms with Crippen LogP contribution in [0, 0.1) is 0 Å². The molecule has 0 atom stereocenters. The third-order valence-corrected chi connectivity index (χ3v) is 0. The summed E-state index contributed by atoms with van der Waals surface area (Å²) in [6.07, 6.45) is 0. The molecule has 0 aromatic heterocycles. The molecule has 0 saturated heterocycles. The molecule has 6 heteroatoms. The molecule has 0 spiro atoms. The molecule has 0 aliphatic carbocycles. The van der Waals surface area contributed by atoms with Gasteiger partial charge >= 0.3 is 0 Å². The molecule has 0 bridgehead atoms. The van der Waals surface area contributed by atoms with Gasteiger partial charge in [0.2, 0.25) is 0 Å². The van der Waals surface area contributed by atoms with Crippen LogP contribution in [0.3, 0.4) is 0 Å². The van der Waals surface area contributed by atoms with Gasteiger partial charge < -0.3 is 32.8 Å². The summed E-state index contributed by atoms with van der Waals surface area (Å²) in [6, 6.07) is 0. The predicted molar refractivity (Wildman–Crippen MR) is 32.2 cm³/mol. The minimum Gasteiger partial charge on any atom is -0.857 e. The van der Waals surface area contributed by atoms with E-state index in [9.17, 15) is 0 Å². The maximum absolute atomic E-state index is 8.89. The number of aliphatic carboxylic acids is 1. The van der Waals surface area contributed by atoms with Crippen molar-refractivity contribution >= 4 is 5.97 Å². The Hall–Kier alpha value is -0.690. The average Bonchev–Trinajstić information content (AvgIpc) is 1.41. The fraction of sp³-hybridized carbons (Fsp3) is 0.667. The third kappa shape index (κ3) is 433. The molecule has 0 aromatic rings. The standard InChI is InChI=1S/C2H4O2.CH3O.2H3N.H2O/c1-2(3)4;1-2;;;/h1H3,(H,3,4);1H3;2*1H3;1H2/q;-1;;;/p+1. The summed E-state index contributed by atoms with van der Waals surface area (Å²) < 4.78 is 0. The fourth-order valence-electron chi connectivity index (χ4n) is 0. The number of carboxylic acids is 1. The van der Waals surface area contributed by atoms with Gasteiger partial charge in [-0.25, -0.2) is 0 Å². The number of quaternary nitrogens is 2. The zero-order valence-corrected chi connectivity index (χ0v) is 6.22. The summed E-state index contributed by atoms with van der Waals surface area (Å²) in [7, 11) is 0.750. The first-order chi connectivity index (χ1) is 2.73. The lowest BCUT2D eigenvalue weighted by molar-refractivity contribution is -0.325. The van der Waals surface area contributed by atoms with Gasteiger partial charge in [0.05, 0.1) is 0 Å². The Bertz CT molecular complexity index is 36.8. The van der Waals surface area contributed by atoms with E-state index in [1.54, 1.807) is 0 Å². The molecule has 0 saturated carbocycles. The first-order valence-electron chi connectivity index (χ1n) is 1.32. The van der Waals surface area contributed by atoms with E-state index >= 15 is 0 Å². The van der Waals surface area contributed by atoms with Crippen molar-refractivity contribution in [2.45, 2.75) is 6.92 Å². The normalized spacial score (nSPS) is 3.44. The minimum absolute atomic E-state index is 0. The van der Waals surface area contributed by atoms with Crippen LogP contribution in [-0.2, 0) is 4.79 Å². The van der Waals surface area contributed by atoms with Gasteiger partial charge in [-0.05, 0) is 6.92 Å². The average molecular weight is 144 g/mol. The Balaban J connectivity index is -0.00000000990. The first-order valence-corrected chi connectivity index (χ1v) is 1.32. The van der Waals surface area contributed by atoms with Crippen LogP contribution in [0.2, 0.25) is 0 Å². The van der Waals surface area contributed by atoms with Crippen LogP contribution in [0.15, 0.2) is 0 Å². The van der Waals surface area contributed by atoms with Gasteiger partial charge in [-0.15, -0.1) is 0 Å². The van der Waals surface area contributed by atoms with Crippen molar-refractivity contribution in [1.82, 2.24) is 12.3 Å². The van der Waals surface area contributed by atoms with Crippen molar-refractivity contribution in [3.63, 3.8) is 0 Å². The van der Waals surface area contributed by atoms with Crippen LogP contribution in [0.25, 0.3) is 0 Å². The van der Waals surface area contributed by atoms with Gasteiger partial charge in [-0.1, -0.05) is 0 Å². The maximum atomic E-state index is 8.89. The van der Waals surface area contributed by atoms with E-state index in [-0.39, 0.29) is 17.8 Å². The molecule has 0 aromatic carbocycles. The Morgan fingerprint density at radius 1 is 1.22 bits per heavy atom.